The number of halogens is 1. The second-order valence-corrected chi connectivity index (χ2v) is 26.2. The number of nitrogens with zero attached hydrogens (tertiary/aromatic N) is 4. The highest BCUT2D eigenvalue weighted by molar-refractivity contribution is 9.10. The Hall–Kier alpha value is -10.5. The fourth-order valence-corrected chi connectivity index (χ4v) is 14.1. The van der Waals surface area contributed by atoms with Crippen LogP contribution in [0.2, 0.25) is 0 Å². The number of aromatic nitrogens is 4. The molecule has 0 spiro atoms. The fraction of sp³-hybridized carbons (Fsp3) is 0.0714. The van der Waals surface area contributed by atoms with Crippen molar-refractivity contribution in [3.05, 3.63) is 296 Å². The molecule has 0 N–H and O–H groups in total. The van der Waals surface area contributed by atoms with Crippen LogP contribution in [0.3, 0.4) is 0 Å². The van der Waals surface area contributed by atoms with Crippen LogP contribution < -0.4 is 5.46 Å². The lowest BCUT2D eigenvalue weighted by Crippen LogP contribution is -2.41. The van der Waals surface area contributed by atoms with E-state index in [1.54, 1.807) is 0 Å². The van der Waals surface area contributed by atoms with Gasteiger partial charge in [0.2, 0.25) is 0 Å². The fourth-order valence-electron chi connectivity index (χ4n) is 13.8. The minimum atomic E-state index is -0.411. The highest BCUT2D eigenvalue weighted by Gasteiger charge is 2.51. The van der Waals surface area contributed by atoms with Crippen LogP contribution in [0.15, 0.2) is 296 Å². The quantitative estimate of drug-likeness (QED) is 0.130. The number of hydrogen-bond donors (Lipinski definition) is 0. The SMILES string of the molecule is Brc1ccc(-c2ccc3ccccc3c2)cc1.CC1(C)OB(c2ccc3c4ccc5ccccc5c4c4nc5ccccc5n4c3c2)OC1(C)C.c1ccc2cc(-c3ccc(-c4ccc5c6ccc7ccccc7c6c6nc7ccccc7n6c5c4)cc3)ccc2c1. The summed E-state index contributed by atoms with van der Waals surface area (Å²) >= 11 is 3.46. The largest absolute Gasteiger partial charge is 0.494 e. The van der Waals surface area contributed by atoms with Crippen LogP contribution >= 0.6 is 15.9 Å². The van der Waals surface area contributed by atoms with E-state index in [0.717, 1.165) is 48.8 Å². The molecule has 18 aromatic rings. The maximum Gasteiger partial charge on any atom is 0.494 e. The van der Waals surface area contributed by atoms with Crippen molar-refractivity contribution in [1.29, 1.82) is 0 Å². The van der Waals surface area contributed by atoms with Gasteiger partial charge in [0, 0.05) is 26.0 Å². The Bertz CT molecular complexity index is 5980. The normalized spacial score (nSPS) is 13.8. The first-order valence-electron chi connectivity index (χ1n) is 31.5. The predicted octanol–water partition coefficient (Wildman–Crippen LogP) is 21.9. The minimum absolute atomic E-state index is 0.383. The highest BCUT2D eigenvalue weighted by atomic mass is 79.9. The summed E-state index contributed by atoms with van der Waals surface area (Å²) in [4.78, 5) is 10.3. The molecule has 0 amide bonds. The first kappa shape index (κ1) is 55.6. The summed E-state index contributed by atoms with van der Waals surface area (Å²) in [5.74, 6) is 0. The molecule has 19 rings (SSSR count). The summed E-state index contributed by atoms with van der Waals surface area (Å²) in [7, 11) is -0.411. The van der Waals surface area contributed by atoms with Crippen molar-refractivity contribution < 1.29 is 9.31 Å². The van der Waals surface area contributed by atoms with Crippen molar-refractivity contribution in [3.8, 4) is 33.4 Å². The van der Waals surface area contributed by atoms with Crippen molar-refractivity contribution in [2.45, 2.75) is 38.9 Å². The number of fused-ring (bicyclic) bond motifs is 22. The topological polar surface area (TPSA) is 53.1 Å². The number of para-hydroxylation sites is 4. The van der Waals surface area contributed by atoms with Crippen LogP contribution in [0.4, 0.5) is 0 Å². The minimum Gasteiger partial charge on any atom is -0.399 e. The van der Waals surface area contributed by atoms with E-state index in [1.807, 2.05) is 6.07 Å². The van der Waals surface area contributed by atoms with E-state index in [0.29, 0.717) is 0 Å². The molecular formula is C84H60BBrN4O2. The molecule has 1 fully saturated rings. The third kappa shape index (κ3) is 9.39. The Morgan fingerprint density at radius 3 is 1.16 bits per heavy atom. The molecule has 438 valence electrons. The smallest absolute Gasteiger partial charge is 0.399 e. The van der Waals surface area contributed by atoms with Gasteiger partial charge >= 0.3 is 7.12 Å². The third-order valence-electron chi connectivity index (χ3n) is 19.3. The van der Waals surface area contributed by atoms with Crippen LogP contribution in [-0.4, -0.2) is 37.1 Å². The lowest BCUT2D eigenvalue weighted by molar-refractivity contribution is 0.00578. The van der Waals surface area contributed by atoms with Crippen molar-refractivity contribution >= 4 is 148 Å². The molecule has 92 heavy (non-hydrogen) atoms. The summed E-state index contributed by atoms with van der Waals surface area (Å²) in [5, 5.41) is 17.3. The Labute approximate surface area is 540 Å². The molecule has 0 unspecified atom stereocenters. The van der Waals surface area contributed by atoms with Gasteiger partial charge in [-0.05, 0) is 181 Å². The Morgan fingerprint density at radius 1 is 0.304 bits per heavy atom. The van der Waals surface area contributed by atoms with Gasteiger partial charge in [-0.3, -0.25) is 8.80 Å². The first-order valence-corrected chi connectivity index (χ1v) is 32.3. The number of hydrogen-bond acceptors (Lipinski definition) is 4. The van der Waals surface area contributed by atoms with Crippen LogP contribution in [0.25, 0.3) is 153 Å². The standard InChI is InChI=1S/C39H24N2.C29H25BN2O2.C16H11Br/c1-2-9-29-23-30(18-17-25(29)7-1)26-13-15-27(16-14-26)31-20-21-33-34-22-19-28-8-3-4-10-32(28)38(34)39-40-35-11-5-6-12-36(35)41(39)37(33)24-31;1-28(2)29(3,4)34-30(33-28)19-14-16-21-22-15-13-18-9-5-6-10-20(18)26(22)27-31-23-11-7-8-12-24(23)32(27)25(21)17-19;17-16-9-7-13(8-10-16)15-6-5-12-3-1-2-4-14(12)11-15/h1-24H;5-17H,1-4H3;1-11H. The third-order valence-corrected chi connectivity index (χ3v) is 19.8. The molecule has 1 saturated heterocycles. The molecule has 14 aromatic carbocycles. The van der Waals surface area contributed by atoms with Gasteiger partial charge in [-0.1, -0.05) is 246 Å². The second kappa shape index (κ2) is 21.9. The van der Waals surface area contributed by atoms with Gasteiger partial charge < -0.3 is 9.31 Å². The molecule has 0 radical (unpaired) electrons. The van der Waals surface area contributed by atoms with Crippen molar-refractivity contribution in [3.63, 3.8) is 0 Å². The first-order chi connectivity index (χ1) is 45.0. The van der Waals surface area contributed by atoms with Gasteiger partial charge in [0.1, 0.15) is 11.3 Å². The molecule has 8 heteroatoms. The van der Waals surface area contributed by atoms with Gasteiger partial charge in [-0.25, -0.2) is 9.97 Å². The van der Waals surface area contributed by atoms with Gasteiger partial charge in [0.05, 0.1) is 44.3 Å². The van der Waals surface area contributed by atoms with E-state index < -0.39 is 7.12 Å². The molecule has 0 aliphatic carbocycles. The number of pyridine rings is 2. The second-order valence-electron chi connectivity index (χ2n) is 25.2. The van der Waals surface area contributed by atoms with E-state index in [1.165, 1.54) is 114 Å². The molecule has 1 aliphatic heterocycles. The number of benzene rings is 14. The van der Waals surface area contributed by atoms with Crippen molar-refractivity contribution in [2.24, 2.45) is 0 Å². The Balaban J connectivity index is 0.000000114. The highest BCUT2D eigenvalue weighted by Crippen LogP contribution is 2.42. The number of imidazole rings is 2. The molecular weight excluding hydrogens is 1190 g/mol. The maximum absolute atomic E-state index is 6.38. The van der Waals surface area contributed by atoms with Crippen LogP contribution in [0.5, 0.6) is 0 Å². The zero-order chi connectivity index (χ0) is 61.8. The van der Waals surface area contributed by atoms with Gasteiger partial charge in [0.25, 0.3) is 0 Å². The van der Waals surface area contributed by atoms with Gasteiger partial charge in [-0.2, -0.15) is 0 Å². The zero-order valence-electron chi connectivity index (χ0n) is 51.3. The maximum atomic E-state index is 6.38. The average molecular weight is 1250 g/mol. The van der Waals surface area contributed by atoms with E-state index in [2.05, 4.69) is 338 Å². The zero-order valence-corrected chi connectivity index (χ0v) is 52.9. The molecule has 6 nitrogen and oxygen atoms in total. The van der Waals surface area contributed by atoms with Gasteiger partial charge in [-0.15, -0.1) is 0 Å². The van der Waals surface area contributed by atoms with Crippen LogP contribution in [0.1, 0.15) is 27.7 Å². The van der Waals surface area contributed by atoms with E-state index in [9.17, 15) is 0 Å². The van der Waals surface area contributed by atoms with E-state index >= 15 is 0 Å². The monoisotopic (exact) mass is 1250 g/mol. The summed E-state index contributed by atoms with van der Waals surface area (Å²) in [6.07, 6.45) is 0. The van der Waals surface area contributed by atoms with Crippen LogP contribution in [-0.2, 0) is 9.31 Å². The summed E-state index contributed by atoms with van der Waals surface area (Å²) in [5.41, 5.74) is 16.1. The Kier molecular flexibility index (Phi) is 13.2. The predicted molar refractivity (Wildman–Crippen MR) is 392 cm³/mol. The lowest BCUT2D eigenvalue weighted by Gasteiger charge is -2.32. The van der Waals surface area contributed by atoms with Crippen LogP contribution in [0, 0.1) is 0 Å². The van der Waals surface area contributed by atoms with E-state index in [-0.39, 0.29) is 11.2 Å². The van der Waals surface area contributed by atoms with Crippen molar-refractivity contribution in [1.82, 2.24) is 18.8 Å². The molecule has 4 aromatic heterocycles. The Morgan fingerprint density at radius 2 is 0.663 bits per heavy atom. The molecule has 0 bridgehead atoms. The number of rotatable bonds is 4. The molecule has 0 atom stereocenters. The van der Waals surface area contributed by atoms with Crippen molar-refractivity contribution in [2.75, 3.05) is 0 Å². The molecule has 0 saturated carbocycles. The summed E-state index contributed by atoms with van der Waals surface area (Å²) in [6, 6.07) is 104. The average Bonchev–Trinajstić information content (AvgIpc) is 1.43. The molecule has 1 aliphatic rings. The molecule has 5 heterocycles. The summed E-state index contributed by atoms with van der Waals surface area (Å²) in [6.45, 7) is 8.37. The van der Waals surface area contributed by atoms with E-state index in [4.69, 9.17) is 19.3 Å². The summed E-state index contributed by atoms with van der Waals surface area (Å²) < 4.78 is 18.5. The lowest BCUT2D eigenvalue weighted by atomic mass is 9.78. The van der Waals surface area contributed by atoms with Gasteiger partial charge in [0.15, 0.2) is 0 Å².